The summed E-state index contributed by atoms with van der Waals surface area (Å²) in [6.45, 7) is 2.23. The fraction of sp³-hybridized carbons (Fsp3) is 0.267. The van der Waals surface area contributed by atoms with Crippen molar-refractivity contribution in [1.29, 1.82) is 0 Å². The van der Waals surface area contributed by atoms with Crippen LogP contribution < -0.4 is 5.32 Å². The topological polar surface area (TPSA) is 34.0 Å². The molecule has 1 heterocycles. The van der Waals surface area contributed by atoms with E-state index >= 15 is 0 Å². The van der Waals surface area contributed by atoms with Gasteiger partial charge >= 0.3 is 0 Å². The van der Waals surface area contributed by atoms with Gasteiger partial charge in [-0.1, -0.05) is 18.2 Å². The highest BCUT2D eigenvalue weighted by atomic mass is 16.1. The van der Waals surface area contributed by atoms with Crippen LogP contribution in [0.15, 0.2) is 36.5 Å². The van der Waals surface area contributed by atoms with E-state index in [4.69, 9.17) is 0 Å². The van der Waals surface area contributed by atoms with Crippen molar-refractivity contribution in [2.75, 3.05) is 6.54 Å². The largest absolute Gasteiger partial charge is 0.356 e. The molecule has 0 saturated carbocycles. The van der Waals surface area contributed by atoms with Gasteiger partial charge in [0.05, 0.1) is 0 Å². The third-order valence-electron chi connectivity index (χ3n) is 2.90. The van der Waals surface area contributed by atoms with Crippen LogP contribution in [0.2, 0.25) is 0 Å². The number of fused-ring (bicyclic) bond motifs is 1. The van der Waals surface area contributed by atoms with Gasteiger partial charge in [0, 0.05) is 37.6 Å². The van der Waals surface area contributed by atoms with Crippen LogP contribution in [0.5, 0.6) is 0 Å². The molecule has 3 heteroatoms. The highest BCUT2D eigenvalue weighted by molar-refractivity contribution is 5.82. The summed E-state index contributed by atoms with van der Waals surface area (Å²) in [6, 6.07) is 8.52. The quantitative estimate of drug-likeness (QED) is 0.822. The first kappa shape index (κ1) is 12.4. The van der Waals surface area contributed by atoms with Gasteiger partial charge < -0.3 is 9.88 Å². The van der Waals surface area contributed by atoms with E-state index in [1.54, 1.807) is 0 Å². The van der Waals surface area contributed by atoms with Crippen LogP contribution in [-0.2, 0) is 11.8 Å². The van der Waals surface area contributed by atoms with E-state index in [9.17, 15) is 4.79 Å². The summed E-state index contributed by atoms with van der Waals surface area (Å²) in [4.78, 5) is 10.7. The van der Waals surface area contributed by atoms with Crippen LogP contribution >= 0.6 is 0 Å². The number of amides is 1. The number of carbonyl (C=O) groups is 1. The van der Waals surface area contributed by atoms with Crippen molar-refractivity contribution < 1.29 is 4.79 Å². The molecule has 1 N–H and O–H groups in total. The van der Waals surface area contributed by atoms with Gasteiger partial charge in [-0.25, -0.2) is 0 Å². The highest BCUT2D eigenvalue weighted by Crippen LogP contribution is 2.17. The SMILES string of the molecule is CC(=O)NCCC=Cc1ccc2c(ccn2C)c1. The Morgan fingerprint density at radius 2 is 2.22 bits per heavy atom. The Kier molecular flexibility index (Phi) is 3.82. The van der Waals surface area contributed by atoms with Crippen molar-refractivity contribution in [2.45, 2.75) is 13.3 Å². The van der Waals surface area contributed by atoms with Gasteiger partial charge in [0.15, 0.2) is 0 Å². The summed E-state index contributed by atoms with van der Waals surface area (Å²) in [7, 11) is 2.05. The monoisotopic (exact) mass is 242 g/mol. The zero-order chi connectivity index (χ0) is 13.0. The number of carbonyl (C=O) groups excluding carboxylic acids is 1. The molecule has 0 fully saturated rings. The van der Waals surface area contributed by atoms with Crippen LogP contribution in [0.4, 0.5) is 0 Å². The Balaban J connectivity index is 1.99. The lowest BCUT2D eigenvalue weighted by atomic mass is 10.1. The number of nitrogens with one attached hydrogen (secondary N) is 1. The van der Waals surface area contributed by atoms with Crippen LogP contribution in [0, 0.1) is 0 Å². The lowest BCUT2D eigenvalue weighted by Gasteiger charge is -1.99. The first-order valence-corrected chi connectivity index (χ1v) is 6.13. The summed E-state index contributed by atoms with van der Waals surface area (Å²) in [5.74, 6) is 0.0223. The van der Waals surface area contributed by atoms with Gasteiger partial charge in [-0.2, -0.15) is 0 Å². The number of hydrogen-bond acceptors (Lipinski definition) is 1. The second kappa shape index (κ2) is 5.54. The third-order valence-corrected chi connectivity index (χ3v) is 2.90. The fourth-order valence-electron chi connectivity index (χ4n) is 1.95. The number of hydrogen-bond donors (Lipinski definition) is 1. The molecule has 0 radical (unpaired) electrons. The minimum absolute atomic E-state index is 0.0223. The number of nitrogens with zero attached hydrogens (tertiary/aromatic N) is 1. The van der Waals surface area contributed by atoms with Crippen molar-refractivity contribution in [3.05, 3.63) is 42.1 Å². The molecular weight excluding hydrogens is 224 g/mol. The molecule has 0 unspecified atom stereocenters. The molecule has 3 nitrogen and oxygen atoms in total. The van der Waals surface area contributed by atoms with Crippen molar-refractivity contribution in [3.8, 4) is 0 Å². The Morgan fingerprint density at radius 1 is 1.39 bits per heavy atom. The minimum atomic E-state index is 0.0223. The number of aryl methyl sites for hydroxylation is 1. The van der Waals surface area contributed by atoms with Crippen LogP contribution in [-0.4, -0.2) is 17.0 Å². The number of benzene rings is 1. The Hall–Kier alpha value is -2.03. The lowest BCUT2D eigenvalue weighted by Crippen LogP contribution is -2.20. The van der Waals surface area contributed by atoms with Crippen molar-refractivity contribution >= 4 is 22.9 Å². The van der Waals surface area contributed by atoms with Crippen LogP contribution in [0.1, 0.15) is 18.9 Å². The van der Waals surface area contributed by atoms with Gasteiger partial charge in [-0.3, -0.25) is 4.79 Å². The normalized spacial score (nSPS) is 11.2. The minimum Gasteiger partial charge on any atom is -0.356 e. The van der Waals surface area contributed by atoms with E-state index in [1.165, 1.54) is 23.4 Å². The molecule has 0 bridgehead atoms. The van der Waals surface area contributed by atoms with Crippen LogP contribution in [0.3, 0.4) is 0 Å². The van der Waals surface area contributed by atoms with Gasteiger partial charge in [0.2, 0.25) is 5.91 Å². The molecule has 18 heavy (non-hydrogen) atoms. The molecule has 94 valence electrons. The average molecular weight is 242 g/mol. The summed E-state index contributed by atoms with van der Waals surface area (Å²) in [6.07, 6.45) is 7.09. The molecule has 2 aromatic rings. The Bertz CT molecular complexity index is 581. The number of aromatic nitrogens is 1. The van der Waals surface area contributed by atoms with Crippen molar-refractivity contribution in [1.82, 2.24) is 9.88 Å². The maximum absolute atomic E-state index is 10.7. The molecule has 1 aromatic heterocycles. The molecule has 0 saturated heterocycles. The Morgan fingerprint density at radius 3 is 3.00 bits per heavy atom. The van der Waals surface area contributed by atoms with E-state index in [2.05, 4.69) is 52.5 Å². The van der Waals surface area contributed by atoms with E-state index in [-0.39, 0.29) is 5.91 Å². The molecule has 0 atom stereocenters. The highest BCUT2D eigenvalue weighted by Gasteiger charge is 1.97. The van der Waals surface area contributed by atoms with E-state index in [1.807, 2.05) is 7.05 Å². The maximum atomic E-state index is 10.7. The molecule has 0 aliphatic carbocycles. The standard InChI is InChI=1S/C15H18N2O/c1-12(18)16-9-4-3-5-13-6-7-15-14(11-13)8-10-17(15)2/h3,5-8,10-11H,4,9H2,1-2H3,(H,16,18). The first-order chi connectivity index (χ1) is 8.66. The van der Waals surface area contributed by atoms with Gasteiger partial charge in [-0.05, 0) is 30.2 Å². The van der Waals surface area contributed by atoms with Crippen molar-refractivity contribution in [3.63, 3.8) is 0 Å². The molecule has 1 aromatic carbocycles. The zero-order valence-corrected chi connectivity index (χ0v) is 10.8. The third kappa shape index (κ3) is 3.00. The van der Waals surface area contributed by atoms with Gasteiger partial charge in [0.1, 0.15) is 0 Å². The first-order valence-electron chi connectivity index (χ1n) is 6.13. The summed E-state index contributed by atoms with van der Waals surface area (Å²) in [5.41, 5.74) is 2.43. The molecule has 0 aliphatic rings. The molecule has 0 spiro atoms. The lowest BCUT2D eigenvalue weighted by molar-refractivity contribution is -0.118. The molecule has 2 rings (SSSR count). The zero-order valence-electron chi connectivity index (χ0n) is 10.8. The summed E-state index contributed by atoms with van der Waals surface area (Å²) in [5, 5.41) is 4.02. The van der Waals surface area contributed by atoms with E-state index < -0.39 is 0 Å². The number of rotatable bonds is 4. The predicted molar refractivity (Wildman–Crippen MR) is 75.3 cm³/mol. The summed E-state index contributed by atoms with van der Waals surface area (Å²) < 4.78 is 2.11. The molecule has 1 amide bonds. The fourth-order valence-corrected chi connectivity index (χ4v) is 1.95. The summed E-state index contributed by atoms with van der Waals surface area (Å²) >= 11 is 0. The Labute approximate surface area is 107 Å². The maximum Gasteiger partial charge on any atom is 0.216 e. The second-order valence-electron chi connectivity index (χ2n) is 4.42. The molecular formula is C15H18N2O. The van der Waals surface area contributed by atoms with Gasteiger partial charge in [-0.15, -0.1) is 0 Å². The van der Waals surface area contributed by atoms with Gasteiger partial charge in [0.25, 0.3) is 0 Å². The van der Waals surface area contributed by atoms with E-state index in [0.29, 0.717) is 6.54 Å². The average Bonchev–Trinajstić information content (AvgIpc) is 2.70. The molecule has 0 aliphatic heterocycles. The smallest absolute Gasteiger partial charge is 0.216 e. The predicted octanol–water partition coefficient (Wildman–Crippen LogP) is 2.72. The van der Waals surface area contributed by atoms with Crippen molar-refractivity contribution in [2.24, 2.45) is 7.05 Å². The van der Waals surface area contributed by atoms with Crippen LogP contribution in [0.25, 0.3) is 17.0 Å². The second-order valence-corrected chi connectivity index (χ2v) is 4.42. The van der Waals surface area contributed by atoms with E-state index in [0.717, 1.165) is 6.42 Å².